The van der Waals surface area contributed by atoms with E-state index < -0.39 is 0 Å². The molecule has 0 saturated carbocycles. The molecular weight excluding hydrogens is 310 g/mol. The minimum Gasteiger partial charge on any atom is -0.308 e. The molecule has 0 heterocycles. The molecule has 4 heteroatoms. The van der Waals surface area contributed by atoms with E-state index >= 15 is 0 Å². The molecule has 0 fully saturated rings. The second kappa shape index (κ2) is 8.76. The lowest BCUT2D eigenvalue weighted by Crippen LogP contribution is -2.32. The highest BCUT2D eigenvalue weighted by molar-refractivity contribution is 5.90. The molecule has 3 aromatic carbocycles. The Morgan fingerprint density at radius 3 is 2.52 bits per heavy atom. The van der Waals surface area contributed by atoms with Crippen LogP contribution in [0.5, 0.6) is 0 Å². The van der Waals surface area contributed by atoms with E-state index in [0.717, 1.165) is 23.9 Å². The lowest BCUT2D eigenvalue weighted by Gasteiger charge is -2.04. The van der Waals surface area contributed by atoms with Crippen molar-refractivity contribution < 1.29 is 4.79 Å². The Balaban J connectivity index is 1.41. The van der Waals surface area contributed by atoms with Crippen molar-refractivity contribution in [3.8, 4) is 0 Å². The standard InChI is InChI=1S/C21H21N3O/c25-21(16-22-13-12-17-6-2-1-3-7-17)24-23-15-18-10-11-19-8-4-5-9-20(19)14-18/h1-11,14-15,22H,12-13,16H2,(H,24,25). The summed E-state index contributed by atoms with van der Waals surface area (Å²) in [6, 6.07) is 24.4. The zero-order valence-electron chi connectivity index (χ0n) is 14.0. The fraction of sp³-hybridized carbons (Fsp3) is 0.143. The number of hydrogen-bond donors (Lipinski definition) is 2. The first-order valence-electron chi connectivity index (χ1n) is 8.36. The molecule has 126 valence electrons. The van der Waals surface area contributed by atoms with E-state index in [-0.39, 0.29) is 12.5 Å². The largest absolute Gasteiger partial charge is 0.308 e. The van der Waals surface area contributed by atoms with E-state index in [1.54, 1.807) is 6.21 Å². The number of hydrazone groups is 1. The number of carbonyl (C=O) groups excluding carboxylic acids is 1. The number of nitrogens with zero attached hydrogens (tertiary/aromatic N) is 1. The fourth-order valence-corrected chi connectivity index (χ4v) is 2.59. The molecule has 0 spiro atoms. The van der Waals surface area contributed by atoms with Gasteiger partial charge in [-0.05, 0) is 40.9 Å². The predicted octanol–water partition coefficient (Wildman–Crippen LogP) is 3.12. The summed E-state index contributed by atoms with van der Waals surface area (Å²) in [4.78, 5) is 11.8. The third-order valence-electron chi connectivity index (χ3n) is 3.90. The van der Waals surface area contributed by atoms with Crippen molar-refractivity contribution in [3.63, 3.8) is 0 Å². The Hall–Kier alpha value is -2.98. The highest BCUT2D eigenvalue weighted by Crippen LogP contribution is 2.14. The number of fused-ring (bicyclic) bond motifs is 1. The van der Waals surface area contributed by atoms with Crippen molar-refractivity contribution in [2.45, 2.75) is 6.42 Å². The van der Waals surface area contributed by atoms with Crippen LogP contribution >= 0.6 is 0 Å². The van der Waals surface area contributed by atoms with Crippen molar-refractivity contribution in [2.24, 2.45) is 5.10 Å². The highest BCUT2D eigenvalue weighted by Gasteiger charge is 1.99. The van der Waals surface area contributed by atoms with E-state index in [9.17, 15) is 4.79 Å². The van der Waals surface area contributed by atoms with Gasteiger partial charge in [0.2, 0.25) is 0 Å². The van der Waals surface area contributed by atoms with Crippen LogP contribution in [0.3, 0.4) is 0 Å². The van der Waals surface area contributed by atoms with Crippen LogP contribution in [0.2, 0.25) is 0 Å². The summed E-state index contributed by atoms with van der Waals surface area (Å²) < 4.78 is 0. The van der Waals surface area contributed by atoms with Crippen LogP contribution in [0, 0.1) is 0 Å². The number of carbonyl (C=O) groups is 1. The van der Waals surface area contributed by atoms with Gasteiger partial charge in [-0.15, -0.1) is 0 Å². The second-order valence-corrected chi connectivity index (χ2v) is 5.81. The Morgan fingerprint density at radius 1 is 0.920 bits per heavy atom. The van der Waals surface area contributed by atoms with Crippen LogP contribution in [0.15, 0.2) is 77.9 Å². The van der Waals surface area contributed by atoms with Crippen LogP contribution in [-0.4, -0.2) is 25.2 Å². The zero-order valence-corrected chi connectivity index (χ0v) is 14.0. The third kappa shape index (κ3) is 5.26. The molecule has 0 aliphatic rings. The van der Waals surface area contributed by atoms with Gasteiger partial charge in [-0.1, -0.05) is 66.7 Å². The molecule has 3 rings (SSSR count). The maximum atomic E-state index is 11.8. The molecule has 2 N–H and O–H groups in total. The molecule has 1 amide bonds. The number of benzene rings is 3. The molecule has 3 aromatic rings. The zero-order chi connectivity index (χ0) is 17.3. The molecule has 0 unspecified atom stereocenters. The van der Waals surface area contributed by atoms with Crippen LogP contribution in [0.4, 0.5) is 0 Å². The molecule has 4 nitrogen and oxygen atoms in total. The summed E-state index contributed by atoms with van der Waals surface area (Å²) in [7, 11) is 0. The lowest BCUT2D eigenvalue weighted by atomic mass is 10.1. The molecule has 0 aromatic heterocycles. The molecule has 0 aliphatic carbocycles. The van der Waals surface area contributed by atoms with E-state index in [0.29, 0.717) is 0 Å². The van der Waals surface area contributed by atoms with Crippen molar-refractivity contribution in [3.05, 3.63) is 83.9 Å². The summed E-state index contributed by atoms with van der Waals surface area (Å²) >= 11 is 0. The Morgan fingerprint density at radius 2 is 1.68 bits per heavy atom. The van der Waals surface area contributed by atoms with Crippen molar-refractivity contribution in [1.82, 2.24) is 10.7 Å². The summed E-state index contributed by atoms with van der Waals surface area (Å²) in [5.74, 6) is -0.148. The number of rotatable bonds is 7. The normalized spacial score (nSPS) is 11.0. The SMILES string of the molecule is O=C(CNCCc1ccccc1)NN=Cc1ccc2ccccc2c1. The number of hydrogen-bond acceptors (Lipinski definition) is 3. The second-order valence-electron chi connectivity index (χ2n) is 5.81. The quantitative estimate of drug-likeness (QED) is 0.397. The van der Waals surface area contributed by atoms with Gasteiger partial charge in [0, 0.05) is 0 Å². The van der Waals surface area contributed by atoms with E-state index in [2.05, 4.69) is 40.1 Å². The first-order chi connectivity index (χ1) is 12.3. The number of nitrogens with one attached hydrogen (secondary N) is 2. The molecule has 25 heavy (non-hydrogen) atoms. The fourth-order valence-electron chi connectivity index (χ4n) is 2.59. The molecule has 0 saturated heterocycles. The first kappa shape index (κ1) is 16.9. The first-order valence-corrected chi connectivity index (χ1v) is 8.36. The molecule has 0 bridgehead atoms. The molecule has 0 radical (unpaired) electrons. The molecule has 0 aliphatic heterocycles. The van der Waals surface area contributed by atoms with Crippen LogP contribution < -0.4 is 10.7 Å². The minimum absolute atomic E-state index is 0.148. The van der Waals surface area contributed by atoms with Crippen LogP contribution in [0.1, 0.15) is 11.1 Å². The summed E-state index contributed by atoms with van der Waals surface area (Å²) in [5.41, 5.74) is 4.75. The summed E-state index contributed by atoms with van der Waals surface area (Å²) in [6.07, 6.45) is 2.56. The van der Waals surface area contributed by atoms with Crippen LogP contribution in [0.25, 0.3) is 10.8 Å². The highest BCUT2D eigenvalue weighted by atomic mass is 16.2. The number of amides is 1. The Bertz CT molecular complexity index is 859. The van der Waals surface area contributed by atoms with Crippen molar-refractivity contribution in [1.29, 1.82) is 0 Å². The van der Waals surface area contributed by atoms with E-state index in [1.807, 2.05) is 48.5 Å². The third-order valence-corrected chi connectivity index (χ3v) is 3.90. The van der Waals surface area contributed by atoms with Gasteiger partial charge in [-0.2, -0.15) is 5.10 Å². The van der Waals surface area contributed by atoms with Crippen molar-refractivity contribution >= 4 is 22.9 Å². The van der Waals surface area contributed by atoms with Gasteiger partial charge < -0.3 is 5.32 Å². The van der Waals surface area contributed by atoms with E-state index in [1.165, 1.54) is 10.9 Å². The minimum atomic E-state index is -0.148. The maximum absolute atomic E-state index is 11.8. The van der Waals surface area contributed by atoms with Gasteiger partial charge in [-0.25, -0.2) is 5.43 Å². The Kier molecular flexibility index (Phi) is 5.91. The topological polar surface area (TPSA) is 53.5 Å². The summed E-state index contributed by atoms with van der Waals surface area (Å²) in [6.45, 7) is 1.01. The van der Waals surface area contributed by atoms with Gasteiger partial charge in [-0.3, -0.25) is 4.79 Å². The van der Waals surface area contributed by atoms with E-state index in [4.69, 9.17) is 0 Å². The lowest BCUT2D eigenvalue weighted by molar-refractivity contribution is -0.120. The predicted molar refractivity (Wildman–Crippen MR) is 103 cm³/mol. The average molecular weight is 331 g/mol. The van der Waals surface area contributed by atoms with Crippen molar-refractivity contribution in [2.75, 3.05) is 13.1 Å². The molecular formula is C21H21N3O. The smallest absolute Gasteiger partial charge is 0.254 e. The van der Waals surface area contributed by atoms with Gasteiger partial charge in [0.1, 0.15) is 0 Å². The Labute approximate surface area is 147 Å². The maximum Gasteiger partial charge on any atom is 0.254 e. The van der Waals surface area contributed by atoms with Gasteiger partial charge in [0.15, 0.2) is 0 Å². The summed E-state index contributed by atoms with van der Waals surface area (Å²) in [5, 5.41) is 9.48. The van der Waals surface area contributed by atoms with Gasteiger partial charge in [0.05, 0.1) is 12.8 Å². The monoisotopic (exact) mass is 331 g/mol. The molecule has 0 atom stereocenters. The van der Waals surface area contributed by atoms with Gasteiger partial charge in [0.25, 0.3) is 5.91 Å². The van der Waals surface area contributed by atoms with Crippen LogP contribution in [-0.2, 0) is 11.2 Å². The average Bonchev–Trinajstić information content (AvgIpc) is 2.66. The van der Waals surface area contributed by atoms with Gasteiger partial charge >= 0.3 is 0 Å².